The first kappa shape index (κ1) is 17.9. The topological polar surface area (TPSA) is 67.2 Å². The fourth-order valence-corrected chi connectivity index (χ4v) is 3.29. The molecular weight excluding hydrogens is 342 g/mol. The van der Waals surface area contributed by atoms with Gasteiger partial charge in [-0.15, -0.1) is 0 Å². The maximum Gasteiger partial charge on any atom is 0.129 e. The molecule has 0 amide bonds. The van der Waals surface area contributed by atoms with Crippen LogP contribution in [0.1, 0.15) is 30.5 Å². The molecule has 4 rings (SSSR count). The summed E-state index contributed by atoms with van der Waals surface area (Å²) in [5, 5.41) is 9.89. The first-order chi connectivity index (χ1) is 13.0. The van der Waals surface area contributed by atoms with Gasteiger partial charge in [-0.05, 0) is 43.7 Å². The number of morpholine rings is 1. The average molecular weight is 367 g/mol. The molecule has 142 valence electrons. The van der Waals surface area contributed by atoms with Gasteiger partial charge in [-0.3, -0.25) is 4.99 Å². The summed E-state index contributed by atoms with van der Waals surface area (Å²) < 4.78 is 11.2. The van der Waals surface area contributed by atoms with Crippen LogP contribution in [-0.4, -0.2) is 54.3 Å². The van der Waals surface area contributed by atoms with Gasteiger partial charge in [0.05, 0.1) is 31.1 Å². The number of ether oxygens (including phenoxy) is 2. The zero-order valence-electron chi connectivity index (χ0n) is 15.8. The number of aliphatic imine (C=N–C) groups is 1. The number of nitrogens with zero attached hydrogens (tertiary/aromatic N) is 3. The van der Waals surface area contributed by atoms with Crippen LogP contribution in [-0.2, 0) is 11.3 Å². The molecule has 0 saturated carbocycles. The monoisotopic (exact) mass is 367 g/mol. The van der Waals surface area contributed by atoms with E-state index in [1.807, 2.05) is 24.4 Å². The van der Waals surface area contributed by atoms with Crippen LogP contribution in [0.25, 0.3) is 0 Å². The van der Waals surface area contributed by atoms with E-state index < -0.39 is 5.60 Å². The molecule has 1 N–H and O–H groups in total. The highest BCUT2D eigenvalue weighted by molar-refractivity contribution is 6.15. The minimum atomic E-state index is -0.867. The van der Waals surface area contributed by atoms with Gasteiger partial charge in [0.15, 0.2) is 0 Å². The predicted molar refractivity (Wildman–Crippen MR) is 105 cm³/mol. The third kappa shape index (κ3) is 4.12. The van der Waals surface area contributed by atoms with Crippen molar-refractivity contribution < 1.29 is 14.6 Å². The number of aromatic nitrogens is 1. The van der Waals surface area contributed by atoms with E-state index in [-0.39, 0.29) is 6.61 Å². The Morgan fingerprint density at radius 3 is 2.78 bits per heavy atom. The summed E-state index contributed by atoms with van der Waals surface area (Å²) in [6, 6.07) is 10.1. The summed E-state index contributed by atoms with van der Waals surface area (Å²) in [6.07, 6.45) is 1.84. The molecule has 6 heteroatoms. The van der Waals surface area contributed by atoms with E-state index in [0.717, 1.165) is 54.7 Å². The molecule has 2 aliphatic heterocycles. The van der Waals surface area contributed by atoms with Gasteiger partial charge in [0.25, 0.3) is 0 Å². The largest absolute Gasteiger partial charge is 0.491 e. The van der Waals surface area contributed by atoms with Gasteiger partial charge in [0, 0.05) is 30.4 Å². The van der Waals surface area contributed by atoms with Crippen LogP contribution in [0.5, 0.6) is 5.75 Å². The molecule has 1 fully saturated rings. The second-order valence-electron chi connectivity index (χ2n) is 7.59. The van der Waals surface area contributed by atoms with Crippen LogP contribution in [0.4, 0.5) is 5.82 Å². The van der Waals surface area contributed by atoms with E-state index in [9.17, 15) is 5.11 Å². The average Bonchev–Trinajstić information content (AvgIpc) is 3.10. The van der Waals surface area contributed by atoms with Crippen molar-refractivity contribution >= 4 is 11.5 Å². The van der Waals surface area contributed by atoms with Crippen molar-refractivity contribution in [1.82, 2.24) is 4.98 Å². The molecular formula is C21H25N3O3. The highest BCUT2D eigenvalue weighted by Gasteiger charge is 2.21. The summed E-state index contributed by atoms with van der Waals surface area (Å²) >= 11 is 0. The number of rotatable bonds is 5. The van der Waals surface area contributed by atoms with Crippen molar-refractivity contribution in [2.45, 2.75) is 26.0 Å². The summed E-state index contributed by atoms with van der Waals surface area (Å²) in [5.41, 5.74) is 3.43. The number of fused-ring (bicyclic) bond motifs is 1. The molecule has 3 heterocycles. The van der Waals surface area contributed by atoms with Gasteiger partial charge in [-0.25, -0.2) is 4.98 Å². The normalized spacial score (nSPS) is 16.9. The molecule has 1 aromatic heterocycles. The van der Waals surface area contributed by atoms with Crippen molar-refractivity contribution in [3.05, 3.63) is 53.2 Å². The number of pyridine rings is 1. The molecule has 2 aromatic rings. The number of aliphatic hydroxyl groups is 1. The lowest BCUT2D eigenvalue weighted by molar-refractivity contribution is 0.0285. The summed E-state index contributed by atoms with van der Waals surface area (Å²) in [6.45, 7) is 7.56. The molecule has 1 aromatic carbocycles. The van der Waals surface area contributed by atoms with Crippen LogP contribution in [0.3, 0.4) is 0 Å². The Hall–Kier alpha value is -2.44. The molecule has 0 bridgehead atoms. The first-order valence-corrected chi connectivity index (χ1v) is 9.32. The van der Waals surface area contributed by atoms with E-state index >= 15 is 0 Å². The van der Waals surface area contributed by atoms with Gasteiger partial charge in [-0.1, -0.05) is 6.07 Å². The van der Waals surface area contributed by atoms with Crippen molar-refractivity contribution in [3.63, 3.8) is 0 Å². The fraction of sp³-hybridized carbons (Fsp3) is 0.429. The zero-order chi connectivity index (χ0) is 18.9. The maximum absolute atomic E-state index is 9.89. The van der Waals surface area contributed by atoms with E-state index in [2.05, 4.69) is 22.0 Å². The van der Waals surface area contributed by atoms with Gasteiger partial charge >= 0.3 is 0 Å². The first-order valence-electron chi connectivity index (χ1n) is 9.32. The van der Waals surface area contributed by atoms with Crippen LogP contribution < -0.4 is 9.64 Å². The molecule has 0 aliphatic carbocycles. The Labute approximate surface area is 159 Å². The van der Waals surface area contributed by atoms with Crippen molar-refractivity contribution in [3.8, 4) is 5.75 Å². The van der Waals surface area contributed by atoms with Crippen LogP contribution in [0.15, 0.2) is 41.5 Å². The Morgan fingerprint density at radius 2 is 2.00 bits per heavy atom. The lowest BCUT2D eigenvalue weighted by Crippen LogP contribution is -2.36. The quantitative estimate of drug-likeness (QED) is 0.879. The fourth-order valence-electron chi connectivity index (χ4n) is 3.29. The maximum atomic E-state index is 9.89. The second kappa shape index (κ2) is 7.29. The molecule has 0 radical (unpaired) electrons. The SMILES string of the molecule is CC(C)(O)COc1ccc2c(c1)C(c1ccnc(N3CCOCC3)c1)=NC2. The van der Waals surface area contributed by atoms with Gasteiger partial charge in [0.2, 0.25) is 0 Å². The molecule has 2 aliphatic rings. The van der Waals surface area contributed by atoms with E-state index in [0.29, 0.717) is 6.54 Å². The Balaban J connectivity index is 1.58. The van der Waals surface area contributed by atoms with Gasteiger partial charge in [0.1, 0.15) is 18.2 Å². The number of hydrogen-bond acceptors (Lipinski definition) is 6. The van der Waals surface area contributed by atoms with Crippen molar-refractivity contribution in [2.75, 3.05) is 37.8 Å². The standard InChI is InChI=1S/C21H25N3O3/c1-21(2,25)14-27-17-4-3-16-13-23-20(18(16)12-17)15-5-6-22-19(11-15)24-7-9-26-10-8-24/h3-6,11-12,25H,7-10,13-14H2,1-2H3. The highest BCUT2D eigenvalue weighted by Crippen LogP contribution is 2.28. The lowest BCUT2D eigenvalue weighted by Gasteiger charge is -2.28. The van der Waals surface area contributed by atoms with Crippen molar-refractivity contribution in [1.29, 1.82) is 0 Å². The van der Waals surface area contributed by atoms with E-state index in [1.54, 1.807) is 13.8 Å². The van der Waals surface area contributed by atoms with Crippen LogP contribution in [0, 0.1) is 0 Å². The number of anilines is 1. The zero-order valence-corrected chi connectivity index (χ0v) is 15.8. The Bertz CT molecular complexity index is 852. The minimum Gasteiger partial charge on any atom is -0.491 e. The highest BCUT2D eigenvalue weighted by atomic mass is 16.5. The summed E-state index contributed by atoms with van der Waals surface area (Å²) in [4.78, 5) is 11.5. The Morgan fingerprint density at radius 1 is 1.19 bits per heavy atom. The Kier molecular flexibility index (Phi) is 4.85. The number of benzene rings is 1. The molecule has 6 nitrogen and oxygen atoms in total. The summed E-state index contributed by atoms with van der Waals surface area (Å²) in [5.74, 6) is 1.70. The molecule has 27 heavy (non-hydrogen) atoms. The second-order valence-corrected chi connectivity index (χ2v) is 7.59. The smallest absolute Gasteiger partial charge is 0.129 e. The minimum absolute atomic E-state index is 0.245. The van der Waals surface area contributed by atoms with Crippen molar-refractivity contribution in [2.24, 2.45) is 4.99 Å². The van der Waals surface area contributed by atoms with Gasteiger partial charge < -0.3 is 19.5 Å². The van der Waals surface area contributed by atoms with Gasteiger partial charge in [-0.2, -0.15) is 0 Å². The van der Waals surface area contributed by atoms with Crippen LogP contribution in [0.2, 0.25) is 0 Å². The molecule has 0 unspecified atom stereocenters. The number of hydrogen-bond donors (Lipinski definition) is 1. The van der Waals surface area contributed by atoms with E-state index in [4.69, 9.17) is 14.5 Å². The van der Waals surface area contributed by atoms with E-state index in [1.165, 1.54) is 5.56 Å². The van der Waals surface area contributed by atoms with Crippen LogP contribution >= 0.6 is 0 Å². The third-order valence-corrected chi connectivity index (χ3v) is 4.69. The predicted octanol–water partition coefficient (Wildman–Crippen LogP) is 2.42. The molecule has 0 spiro atoms. The lowest BCUT2D eigenvalue weighted by atomic mass is 10.0. The molecule has 0 atom stereocenters. The molecule has 1 saturated heterocycles. The third-order valence-electron chi connectivity index (χ3n) is 4.69. The summed E-state index contributed by atoms with van der Waals surface area (Å²) in [7, 11) is 0.